The van der Waals surface area contributed by atoms with Crippen molar-refractivity contribution in [2.75, 3.05) is 0 Å². The highest BCUT2D eigenvalue weighted by Gasteiger charge is 2.23. The third-order valence-corrected chi connectivity index (χ3v) is 3.19. The second-order valence-corrected chi connectivity index (χ2v) is 4.13. The Morgan fingerprint density at radius 3 is 2.50 bits per heavy atom. The Hall–Kier alpha value is -1.58. The van der Waals surface area contributed by atoms with Crippen molar-refractivity contribution < 1.29 is 9.90 Å². The lowest BCUT2D eigenvalue weighted by atomic mass is 9.87. The number of rotatable bonds is 2. The van der Waals surface area contributed by atoms with Crippen LogP contribution >= 0.6 is 0 Å². The summed E-state index contributed by atoms with van der Waals surface area (Å²) in [6, 6.07) is 0. The van der Waals surface area contributed by atoms with Crippen molar-refractivity contribution in [3.8, 4) is 0 Å². The van der Waals surface area contributed by atoms with Gasteiger partial charge in [-0.15, -0.1) is 0 Å². The molecule has 16 heavy (non-hydrogen) atoms. The first kappa shape index (κ1) is 10.9. The number of fused-ring (bicyclic) bond motifs is 1. The summed E-state index contributed by atoms with van der Waals surface area (Å²) in [5, 5.41) is 9.07. The topological polar surface area (TPSA) is 70.2 Å². The Morgan fingerprint density at radius 2 is 1.94 bits per heavy atom. The molecule has 1 heterocycles. The molecule has 0 atom stereocenters. The van der Waals surface area contributed by atoms with Crippen LogP contribution in [0.15, 0.2) is 4.79 Å². The van der Waals surface area contributed by atoms with Crippen molar-refractivity contribution in [3.63, 3.8) is 0 Å². The number of H-pyrrole nitrogens is 1. The Labute approximate surface area is 93.3 Å². The third-order valence-electron chi connectivity index (χ3n) is 3.19. The summed E-state index contributed by atoms with van der Waals surface area (Å²) >= 11 is 0. The van der Waals surface area contributed by atoms with Gasteiger partial charge in [0.25, 0.3) is 5.56 Å². The molecule has 2 rings (SSSR count). The molecule has 0 radical (unpaired) electrons. The molecule has 0 aliphatic heterocycles. The number of nitrogens with one attached hydrogen (secondary N) is 1. The predicted octanol–water partition coefficient (Wildman–Crippen LogP) is 1.51. The highest BCUT2D eigenvalue weighted by molar-refractivity contribution is 5.89. The highest BCUT2D eigenvalue weighted by atomic mass is 16.4. The van der Waals surface area contributed by atoms with Gasteiger partial charge in [-0.25, -0.2) is 4.79 Å². The molecule has 86 valence electrons. The molecule has 2 N–H and O–H groups in total. The second kappa shape index (κ2) is 4.12. The van der Waals surface area contributed by atoms with Crippen LogP contribution in [0.4, 0.5) is 0 Å². The molecular formula is C12H15NO3. The number of aromatic carboxylic acids is 1. The molecule has 1 aromatic heterocycles. The largest absolute Gasteiger partial charge is 0.477 e. The summed E-state index contributed by atoms with van der Waals surface area (Å²) in [4.78, 5) is 25.4. The first-order valence-corrected chi connectivity index (χ1v) is 5.65. The first-order valence-electron chi connectivity index (χ1n) is 5.65. The van der Waals surface area contributed by atoms with Gasteiger partial charge in [0.15, 0.2) is 0 Å². The average Bonchev–Trinajstić information content (AvgIpc) is 2.27. The molecule has 0 saturated heterocycles. The van der Waals surface area contributed by atoms with Crippen molar-refractivity contribution >= 4 is 5.97 Å². The molecule has 1 aliphatic carbocycles. The van der Waals surface area contributed by atoms with Crippen molar-refractivity contribution in [2.45, 2.75) is 39.0 Å². The van der Waals surface area contributed by atoms with E-state index < -0.39 is 11.5 Å². The number of aromatic nitrogens is 1. The normalized spacial score (nSPS) is 14.6. The minimum absolute atomic E-state index is 0.0492. The molecule has 0 spiro atoms. The second-order valence-electron chi connectivity index (χ2n) is 4.13. The number of carbonyl (C=O) groups is 1. The van der Waals surface area contributed by atoms with E-state index in [9.17, 15) is 9.59 Å². The molecule has 4 nitrogen and oxygen atoms in total. The quantitative estimate of drug-likeness (QED) is 0.795. The number of carboxylic acids is 1. The zero-order valence-corrected chi connectivity index (χ0v) is 9.30. The lowest BCUT2D eigenvalue weighted by Crippen LogP contribution is -2.26. The van der Waals surface area contributed by atoms with Gasteiger partial charge in [0.2, 0.25) is 0 Å². The van der Waals surface area contributed by atoms with E-state index in [4.69, 9.17) is 5.11 Å². The Balaban J connectivity index is 2.72. The maximum atomic E-state index is 11.7. The van der Waals surface area contributed by atoms with Crippen LogP contribution in [0.25, 0.3) is 0 Å². The molecule has 4 heteroatoms. The number of hydrogen-bond acceptors (Lipinski definition) is 2. The molecule has 0 amide bonds. The lowest BCUT2D eigenvalue weighted by molar-refractivity contribution is 0.0693. The van der Waals surface area contributed by atoms with Gasteiger partial charge in [-0.3, -0.25) is 4.79 Å². The average molecular weight is 221 g/mol. The van der Waals surface area contributed by atoms with E-state index in [1.807, 2.05) is 6.92 Å². The maximum Gasteiger partial charge on any atom is 0.341 e. The fourth-order valence-electron chi connectivity index (χ4n) is 2.45. The minimum atomic E-state index is -1.11. The number of aromatic amines is 1. The zero-order chi connectivity index (χ0) is 11.7. The number of aryl methyl sites for hydroxylation is 1. The molecule has 0 bridgehead atoms. The molecule has 0 fully saturated rings. The van der Waals surface area contributed by atoms with E-state index >= 15 is 0 Å². The summed E-state index contributed by atoms with van der Waals surface area (Å²) in [6.07, 6.45) is 4.39. The van der Waals surface area contributed by atoms with E-state index in [0.29, 0.717) is 6.42 Å². The Morgan fingerprint density at radius 1 is 1.31 bits per heavy atom. The van der Waals surface area contributed by atoms with Crippen LogP contribution < -0.4 is 5.56 Å². The molecule has 0 saturated carbocycles. The number of hydrogen-bond donors (Lipinski definition) is 2. The summed E-state index contributed by atoms with van der Waals surface area (Å²) in [6.45, 7) is 1.97. The van der Waals surface area contributed by atoms with Crippen LogP contribution in [-0.4, -0.2) is 16.1 Å². The molecule has 0 aromatic carbocycles. The maximum absolute atomic E-state index is 11.7. The van der Waals surface area contributed by atoms with E-state index in [0.717, 1.165) is 42.5 Å². The van der Waals surface area contributed by atoms with Crippen LogP contribution in [0.2, 0.25) is 0 Å². The third kappa shape index (κ3) is 1.64. The SMILES string of the molecule is CCc1[nH]c(=O)c(C(=O)O)c2c1CCCC2. The number of pyridine rings is 1. The standard InChI is InChI=1S/C12H15NO3/c1-2-9-7-5-3-4-6-8(7)10(12(15)16)11(14)13-9/h2-6H2,1H3,(H,13,14)(H,15,16). The van der Waals surface area contributed by atoms with Crippen LogP contribution in [0, 0.1) is 0 Å². The van der Waals surface area contributed by atoms with E-state index in [2.05, 4.69) is 4.98 Å². The smallest absolute Gasteiger partial charge is 0.341 e. The minimum Gasteiger partial charge on any atom is -0.477 e. The van der Waals surface area contributed by atoms with Gasteiger partial charge in [-0.05, 0) is 43.2 Å². The van der Waals surface area contributed by atoms with Gasteiger partial charge in [0.05, 0.1) is 0 Å². The summed E-state index contributed by atoms with van der Waals surface area (Å²) < 4.78 is 0. The van der Waals surface area contributed by atoms with E-state index in [1.54, 1.807) is 0 Å². The molecular weight excluding hydrogens is 206 g/mol. The Bertz CT molecular complexity index is 488. The van der Waals surface area contributed by atoms with E-state index in [1.165, 1.54) is 0 Å². The van der Waals surface area contributed by atoms with E-state index in [-0.39, 0.29) is 5.56 Å². The van der Waals surface area contributed by atoms with Crippen LogP contribution in [0.5, 0.6) is 0 Å². The summed E-state index contributed by atoms with van der Waals surface area (Å²) in [5.41, 5.74) is 2.23. The Kier molecular flexibility index (Phi) is 2.81. The van der Waals surface area contributed by atoms with Crippen LogP contribution in [0.1, 0.15) is 46.9 Å². The van der Waals surface area contributed by atoms with Crippen molar-refractivity contribution in [1.82, 2.24) is 4.98 Å². The van der Waals surface area contributed by atoms with Gasteiger partial charge in [-0.1, -0.05) is 6.92 Å². The summed E-state index contributed by atoms with van der Waals surface area (Å²) in [7, 11) is 0. The van der Waals surface area contributed by atoms with Crippen molar-refractivity contribution in [2.24, 2.45) is 0 Å². The van der Waals surface area contributed by atoms with Gasteiger partial charge < -0.3 is 10.1 Å². The van der Waals surface area contributed by atoms with Gasteiger partial charge in [0.1, 0.15) is 5.56 Å². The predicted molar refractivity (Wildman–Crippen MR) is 60.0 cm³/mol. The zero-order valence-electron chi connectivity index (χ0n) is 9.30. The summed E-state index contributed by atoms with van der Waals surface area (Å²) in [5.74, 6) is -1.11. The highest BCUT2D eigenvalue weighted by Crippen LogP contribution is 2.24. The van der Waals surface area contributed by atoms with Crippen molar-refractivity contribution in [3.05, 3.63) is 32.7 Å². The fraction of sp³-hybridized carbons (Fsp3) is 0.500. The van der Waals surface area contributed by atoms with Crippen molar-refractivity contribution in [1.29, 1.82) is 0 Å². The lowest BCUT2D eigenvalue weighted by Gasteiger charge is -2.20. The fourth-order valence-corrected chi connectivity index (χ4v) is 2.45. The van der Waals surface area contributed by atoms with Gasteiger partial charge in [0, 0.05) is 5.69 Å². The number of carboxylic acid groups (broad SMARTS) is 1. The molecule has 0 unspecified atom stereocenters. The molecule has 1 aliphatic rings. The monoisotopic (exact) mass is 221 g/mol. The van der Waals surface area contributed by atoms with Gasteiger partial charge >= 0.3 is 5.97 Å². The van der Waals surface area contributed by atoms with Gasteiger partial charge in [-0.2, -0.15) is 0 Å². The van der Waals surface area contributed by atoms with Crippen LogP contribution in [0.3, 0.4) is 0 Å². The molecule has 1 aromatic rings. The first-order chi connectivity index (χ1) is 7.65. The van der Waals surface area contributed by atoms with Crippen LogP contribution in [-0.2, 0) is 19.3 Å².